The van der Waals surface area contributed by atoms with E-state index in [1.807, 2.05) is 20.8 Å². The van der Waals surface area contributed by atoms with Gasteiger partial charge in [-0.25, -0.2) is 4.90 Å². The quantitative estimate of drug-likeness (QED) is 0.0928. The fourth-order valence-electron chi connectivity index (χ4n) is 7.65. The Labute approximate surface area is 353 Å². The summed E-state index contributed by atoms with van der Waals surface area (Å²) >= 11 is 4.61. The van der Waals surface area contributed by atoms with Crippen LogP contribution in [0.2, 0.25) is 0 Å². The summed E-state index contributed by atoms with van der Waals surface area (Å²) in [5, 5.41) is 1.89. The second-order valence-electron chi connectivity index (χ2n) is 17.8. The van der Waals surface area contributed by atoms with E-state index in [4.69, 9.17) is 9.47 Å². The number of nitrogens with zero attached hydrogens (tertiary/aromatic N) is 1. The van der Waals surface area contributed by atoms with E-state index in [0.717, 1.165) is 98.9 Å². The van der Waals surface area contributed by atoms with Gasteiger partial charge in [-0.2, -0.15) is 13.2 Å². The number of thiophene rings is 3. The highest BCUT2D eigenvalue weighted by Crippen LogP contribution is 2.56. The topological polar surface area (TPSA) is 55.8 Å². The molecule has 0 bridgehead atoms. The van der Waals surface area contributed by atoms with Crippen molar-refractivity contribution in [2.24, 2.45) is 11.8 Å². The first-order chi connectivity index (χ1) is 27.3. The first kappa shape index (κ1) is 44.2. The molecule has 2 amide bonds. The number of imide groups is 1. The number of fused-ring (bicyclic) bond motifs is 3. The molecule has 5 aromatic rings. The number of benzene rings is 2. The van der Waals surface area contributed by atoms with Crippen LogP contribution in [-0.4, -0.2) is 25.0 Å². The Kier molecular flexibility index (Phi) is 13.2. The molecule has 0 spiro atoms. The van der Waals surface area contributed by atoms with Crippen molar-refractivity contribution in [3.05, 3.63) is 62.8 Å². The lowest BCUT2D eigenvalue weighted by atomic mass is 9.90. The molecule has 2 aromatic carbocycles. The van der Waals surface area contributed by atoms with Crippen molar-refractivity contribution in [2.75, 3.05) is 18.1 Å². The van der Waals surface area contributed by atoms with Gasteiger partial charge in [0, 0.05) is 25.4 Å². The second-order valence-corrected chi connectivity index (χ2v) is 20.9. The minimum Gasteiger partial charge on any atom is -0.491 e. The highest BCUT2D eigenvalue weighted by molar-refractivity contribution is 7.27. The van der Waals surface area contributed by atoms with Gasteiger partial charge in [-0.3, -0.25) is 9.59 Å². The number of halogens is 3. The van der Waals surface area contributed by atoms with Gasteiger partial charge in [0.05, 0.1) is 49.9 Å². The summed E-state index contributed by atoms with van der Waals surface area (Å²) in [6, 6.07) is 9.11. The molecule has 2 atom stereocenters. The summed E-state index contributed by atoms with van der Waals surface area (Å²) in [6.45, 7) is 22.5. The van der Waals surface area contributed by atoms with Crippen LogP contribution in [0.1, 0.15) is 157 Å². The average molecular weight is 854 g/mol. The van der Waals surface area contributed by atoms with Gasteiger partial charge in [0.2, 0.25) is 0 Å². The summed E-state index contributed by atoms with van der Waals surface area (Å²) < 4.78 is 58.8. The van der Waals surface area contributed by atoms with Crippen molar-refractivity contribution >= 4 is 71.7 Å². The van der Waals surface area contributed by atoms with Crippen LogP contribution < -0.4 is 14.4 Å². The standard InChI is InChI=1S/C47H58F3NO4S3/c1-11-15-19-27(13-3)25-54-37-29-23-33(56-39(29)38(55-26-28(14-4)20-16-12-2)30-24-34(45(5,6)7)57-40(30)37)41-35-36(42(58-41)46(8,9)10)44(53)51(43(35)52)32-22-18-17-21-31(32)47(48,49)50/h17-18,21-24,27-28H,11-16,19-20,25-26H2,1-10H3. The molecular weight excluding hydrogens is 796 g/mol. The van der Waals surface area contributed by atoms with Gasteiger partial charge in [-0.15, -0.1) is 34.0 Å². The summed E-state index contributed by atoms with van der Waals surface area (Å²) in [6.07, 6.45) is 3.86. The van der Waals surface area contributed by atoms with Crippen LogP contribution in [-0.2, 0) is 17.0 Å². The lowest BCUT2D eigenvalue weighted by molar-refractivity contribution is -0.137. The number of unbranched alkanes of at least 4 members (excludes halogenated alkanes) is 2. The fraction of sp³-hybridized carbons (Fsp3) is 0.532. The Morgan fingerprint density at radius 2 is 1.22 bits per heavy atom. The predicted molar refractivity (Wildman–Crippen MR) is 238 cm³/mol. The maximum atomic E-state index is 14.5. The van der Waals surface area contributed by atoms with E-state index in [1.54, 1.807) is 11.3 Å². The zero-order valence-corrected chi connectivity index (χ0v) is 38.1. The zero-order valence-electron chi connectivity index (χ0n) is 35.6. The van der Waals surface area contributed by atoms with Crippen LogP contribution >= 0.6 is 34.0 Å². The van der Waals surface area contributed by atoms with E-state index in [9.17, 15) is 22.8 Å². The molecule has 6 rings (SSSR count). The van der Waals surface area contributed by atoms with Crippen molar-refractivity contribution in [3.8, 4) is 21.3 Å². The number of ether oxygens (including phenoxy) is 2. The largest absolute Gasteiger partial charge is 0.491 e. The van der Waals surface area contributed by atoms with Gasteiger partial charge in [0.1, 0.15) is 11.5 Å². The molecule has 0 radical (unpaired) electrons. The molecule has 58 heavy (non-hydrogen) atoms. The number of carbonyl (C=O) groups excluding carboxylic acids is 2. The first-order valence-electron chi connectivity index (χ1n) is 20.9. The number of amides is 2. The predicted octanol–water partition coefficient (Wildman–Crippen LogP) is 15.4. The fourth-order valence-corrected chi connectivity index (χ4v) is 11.5. The maximum absolute atomic E-state index is 14.5. The lowest BCUT2D eigenvalue weighted by Crippen LogP contribution is -2.32. The van der Waals surface area contributed by atoms with E-state index in [2.05, 4.69) is 60.6 Å². The molecule has 5 nitrogen and oxygen atoms in total. The first-order valence-corrected chi connectivity index (χ1v) is 23.3. The summed E-state index contributed by atoms with van der Waals surface area (Å²) in [5.41, 5.74) is -1.84. The molecule has 3 aromatic heterocycles. The molecule has 2 unspecified atom stereocenters. The lowest BCUT2D eigenvalue weighted by Gasteiger charge is -2.22. The van der Waals surface area contributed by atoms with Crippen molar-refractivity contribution < 1.29 is 32.2 Å². The molecule has 1 aliphatic rings. The van der Waals surface area contributed by atoms with E-state index in [-0.39, 0.29) is 16.5 Å². The smallest absolute Gasteiger partial charge is 0.418 e. The van der Waals surface area contributed by atoms with E-state index < -0.39 is 34.7 Å². The third kappa shape index (κ3) is 8.60. The Balaban J connectivity index is 1.60. The molecule has 0 N–H and O–H groups in total. The van der Waals surface area contributed by atoms with Crippen molar-refractivity contribution in [3.63, 3.8) is 0 Å². The van der Waals surface area contributed by atoms with E-state index in [1.165, 1.54) is 45.7 Å². The van der Waals surface area contributed by atoms with Gasteiger partial charge in [-0.05, 0) is 59.8 Å². The van der Waals surface area contributed by atoms with Gasteiger partial charge >= 0.3 is 6.18 Å². The number of hydrogen-bond donors (Lipinski definition) is 0. The number of rotatable bonds is 16. The Bertz CT molecular complexity index is 2210. The number of carbonyl (C=O) groups is 2. The number of para-hydroxylation sites is 1. The van der Waals surface area contributed by atoms with Crippen LogP contribution in [0.15, 0.2) is 36.4 Å². The van der Waals surface area contributed by atoms with E-state index >= 15 is 0 Å². The SMILES string of the molecule is CCCCC(CC)COc1c2cc(C(C)(C)C)sc2c(OCC(CC)CCCC)c2cc(-c3sc(C(C)(C)C)c4c3C(=O)N(c3ccccc3C(F)(F)F)C4=O)sc12. The van der Waals surface area contributed by atoms with Crippen LogP contribution in [0.5, 0.6) is 11.5 Å². The van der Waals surface area contributed by atoms with Crippen LogP contribution in [0.4, 0.5) is 18.9 Å². The third-order valence-electron chi connectivity index (χ3n) is 11.2. The molecule has 0 aliphatic carbocycles. The second kappa shape index (κ2) is 17.3. The highest BCUT2D eigenvalue weighted by Gasteiger charge is 2.47. The molecule has 0 fully saturated rings. The number of hydrogen-bond acceptors (Lipinski definition) is 7. The Morgan fingerprint density at radius 1 is 0.690 bits per heavy atom. The van der Waals surface area contributed by atoms with Crippen LogP contribution in [0, 0.1) is 11.8 Å². The maximum Gasteiger partial charge on any atom is 0.418 e. The van der Waals surface area contributed by atoms with E-state index in [0.29, 0.717) is 34.8 Å². The molecule has 4 heterocycles. The number of anilines is 1. The normalized spacial score (nSPS) is 14.9. The Morgan fingerprint density at radius 3 is 1.74 bits per heavy atom. The van der Waals surface area contributed by atoms with Crippen molar-refractivity contribution in [2.45, 2.75) is 138 Å². The van der Waals surface area contributed by atoms with Crippen molar-refractivity contribution in [1.29, 1.82) is 0 Å². The minimum atomic E-state index is -4.76. The Hall–Kier alpha value is -3.41. The summed E-state index contributed by atoms with van der Waals surface area (Å²) in [4.78, 5) is 32.8. The monoisotopic (exact) mass is 853 g/mol. The van der Waals surface area contributed by atoms with Crippen LogP contribution in [0.25, 0.3) is 29.9 Å². The van der Waals surface area contributed by atoms with Crippen molar-refractivity contribution in [1.82, 2.24) is 0 Å². The molecule has 314 valence electrons. The van der Waals surface area contributed by atoms with Gasteiger partial charge < -0.3 is 9.47 Å². The minimum absolute atomic E-state index is 0.110. The van der Waals surface area contributed by atoms with Gasteiger partial charge in [0.15, 0.2) is 0 Å². The van der Waals surface area contributed by atoms with Gasteiger partial charge in [0.25, 0.3) is 11.8 Å². The summed E-state index contributed by atoms with van der Waals surface area (Å²) in [5.74, 6) is 0.872. The third-order valence-corrected chi connectivity index (χ3v) is 15.7. The average Bonchev–Trinajstić information content (AvgIpc) is 3.94. The van der Waals surface area contributed by atoms with Gasteiger partial charge in [-0.1, -0.05) is 120 Å². The molecule has 1 aliphatic heterocycles. The number of alkyl halides is 3. The molecule has 11 heteroatoms. The van der Waals surface area contributed by atoms with Crippen LogP contribution in [0.3, 0.4) is 0 Å². The highest BCUT2D eigenvalue weighted by atomic mass is 32.1. The molecule has 0 saturated carbocycles. The molecular formula is C47H58F3NO4S3. The zero-order chi connectivity index (χ0) is 42.3. The molecule has 0 saturated heterocycles. The summed E-state index contributed by atoms with van der Waals surface area (Å²) in [7, 11) is 0.